The van der Waals surface area contributed by atoms with Gasteiger partial charge in [0.15, 0.2) is 5.78 Å². The van der Waals surface area contributed by atoms with Crippen molar-refractivity contribution in [1.82, 2.24) is 4.90 Å². The number of anilines is 1. The fraction of sp³-hybridized carbons (Fsp3) is 0.348. The average Bonchev–Trinajstić information content (AvgIpc) is 3.35. The second-order valence-corrected chi connectivity index (χ2v) is 8.16. The van der Waals surface area contributed by atoms with E-state index in [-0.39, 0.29) is 23.6 Å². The zero-order valence-corrected chi connectivity index (χ0v) is 16.0. The second-order valence-electron chi connectivity index (χ2n) is 8.16. The van der Waals surface area contributed by atoms with E-state index in [2.05, 4.69) is 0 Å². The number of amides is 2. The Labute approximate surface area is 168 Å². The van der Waals surface area contributed by atoms with Gasteiger partial charge < -0.3 is 0 Å². The topological polar surface area (TPSA) is 57.7 Å². The van der Waals surface area contributed by atoms with E-state index in [1.807, 2.05) is 24.0 Å². The van der Waals surface area contributed by atoms with Crippen molar-refractivity contribution in [3.05, 3.63) is 65.5 Å². The number of carbonyl (C=O) groups is 3. The third kappa shape index (κ3) is 2.66. The first kappa shape index (κ1) is 18.2. The van der Waals surface area contributed by atoms with E-state index >= 15 is 0 Å². The van der Waals surface area contributed by atoms with Crippen LogP contribution >= 0.6 is 0 Å². The number of carbonyl (C=O) groups excluding carboxylic acids is 3. The third-order valence-electron chi connectivity index (χ3n) is 6.54. The molecule has 0 bridgehead atoms. The highest BCUT2D eigenvalue weighted by molar-refractivity contribution is 6.24. The lowest BCUT2D eigenvalue weighted by Gasteiger charge is -2.27. The molecular weight excluding hydrogens is 371 g/mol. The molecule has 0 saturated carbocycles. The molecule has 2 aromatic carbocycles. The lowest BCUT2D eigenvalue weighted by Crippen LogP contribution is -2.46. The highest BCUT2D eigenvalue weighted by atomic mass is 19.1. The predicted molar refractivity (Wildman–Crippen MR) is 105 cm³/mol. The summed E-state index contributed by atoms with van der Waals surface area (Å²) in [5.41, 5.74) is 1.97. The lowest BCUT2D eigenvalue weighted by atomic mass is 9.85. The second kappa shape index (κ2) is 6.59. The van der Waals surface area contributed by atoms with Gasteiger partial charge in [0, 0.05) is 11.6 Å². The summed E-state index contributed by atoms with van der Waals surface area (Å²) in [5, 5.41) is 0. The zero-order chi connectivity index (χ0) is 20.3. The fourth-order valence-electron chi connectivity index (χ4n) is 5.25. The first-order valence-electron chi connectivity index (χ1n) is 9.97. The summed E-state index contributed by atoms with van der Waals surface area (Å²) in [5.74, 6) is -2.33. The van der Waals surface area contributed by atoms with Gasteiger partial charge in [0.25, 0.3) is 0 Å². The number of benzene rings is 2. The number of hydrogen-bond acceptors (Lipinski definition) is 4. The van der Waals surface area contributed by atoms with E-state index in [9.17, 15) is 18.8 Å². The van der Waals surface area contributed by atoms with Gasteiger partial charge in [-0.2, -0.15) is 0 Å². The van der Waals surface area contributed by atoms with Crippen LogP contribution in [-0.4, -0.2) is 41.1 Å². The molecule has 3 aliphatic heterocycles. The Morgan fingerprint density at radius 3 is 2.31 bits per heavy atom. The quantitative estimate of drug-likeness (QED) is 0.595. The van der Waals surface area contributed by atoms with Crippen LogP contribution in [0.3, 0.4) is 0 Å². The smallest absolute Gasteiger partial charge is 0.239 e. The van der Waals surface area contributed by atoms with Gasteiger partial charge in [-0.1, -0.05) is 17.7 Å². The van der Waals surface area contributed by atoms with Crippen molar-refractivity contribution >= 4 is 23.3 Å². The molecule has 0 spiro atoms. The van der Waals surface area contributed by atoms with Crippen LogP contribution in [0.5, 0.6) is 0 Å². The number of nitrogens with zero attached hydrogens (tertiary/aromatic N) is 2. The Hall–Kier alpha value is -2.86. The Kier molecular flexibility index (Phi) is 4.13. The summed E-state index contributed by atoms with van der Waals surface area (Å²) in [6, 6.07) is 11.9. The van der Waals surface area contributed by atoms with Crippen molar-refractivity contribution < 1.29 is 18.8 Å². The van der Waals surface area contributed by atoms with Crippen LogP contribution in [0, 0.1) is 24.6 Å². The lowest BCUT2D eigenvalue weighted by molar-refractivity contribution is -0.123. The van der Waals surface area contributed by atoms with Crippen LogP contribution in [0.15, 0.2) is 48.5 Å². The van der Waals surface area contributed by atoms with Crippen molar-refractivity contribution in [1.29, 1.82) is 0 Å². The first-order chi connectivity index (χ1) is 14.0. The Morgan fingerprint density at radius 1 is 0.966 bits per heavy atom. The molecule has 3 saturated heterocycles. The number of ketones is 1. The molecule has 29 heavy (non-hydrogen) atoms. The summed E-state index contributed by atoms with van der Waals surface area (Å²) in [7, 11) is 0. The number of imide groups is 1. The van der Waals surface area contributed by atoms with E-state index in [1.165, 1.54) is 29.2 Å². The van der Waals surface area contributed by atoms with E-state index in [4.69, 9.17) is 0 Å². The van der Waals surface area contributed by atoms with Crippen LogP contribution in [0.25, 0.3) is 0 Å². The Bertz CT molecular complexity index is 1000. The molecule has 6 heteroatoms. The standard InChI is InChI=1S/C23H21FN2O3/c1-13-4-10-16(11-5-13)26-22(28)18-17-3-2-12-25(17)20(19(18)23(26)29)21(27)14-6-8-15(24)9-7-14/h4-11,17-20H,2-3,12H2,1H3/t17-,18+,19-,20-/m1/s1. The minimum absolute atomic E-state index is 0.0960. The Morgan fingerprint density at radius 2 is 1.62 bits per heavy atom. The molecule has 148 valence electrons. The highest BCUT2D eigenvalue weighted by Gasteiger charge is 2.64. The van der Waals surface area contributed by atoms with Crippen molar-refractivity contribution in [2.75, 3.05) is 11.4 Å². The van der Waals surface area contributed by atoms with E-state index < -0.39 is 23.7 Å². The molecule has 5 rings (SSSR count). The minimum atomic E-state index is -0.688. The SMILES string of the molecule is Cc1ccc(N2C(=O)[C@@H]3[C@@H](C2=O)[C@H](C(=O)c2ccc(F)cc2)N2CCC[C@H]32)cc1. The summed E-state index contributed by atoms with van der Waals surface area (Å²) in [6.45, 7) is 2.64. The van der Waals surface area contributed by atoms with Crippen LogP contribution in [0.1, 0.15) is 28.8 Å². The molecular formula is C23H21FN2O3. The molecule has 2 amide bonds. The molecule has 0 aromatic heterocycles. The van der Waals surface area contributed by atoms with E-state index in [0.29, 0.717) is 17.8 Å². The van der Waals surface area contributed by atoms with Gasteiger partial charge in [0.05, 0.1) is 23.6 Å². The molecule has 4 atom stereocenters. The molecule has 5 nitrogen and oxygen atoms in total. The number of hydrogen-bond donors (Lipinski definition) is 0. The van der Waals surface area contributed by atoms with E-state index in [0.717, 1.165) is 18.4 Å². The maximum absolute atomic E-state index is 13.4. The molecule has 0 aliphatic carbocycles. The highest BCUT2D eigenvalue weighted by Crippen LogP contribution is 2.48. The van der Waals surface area contributed by atoms with Crippen LogP contribution in [0.2, 0.25) is 0 Å². The predicted octanol–water partition coefficient (Wildman–Crippen LogP) is 2.97. The monoisotopic (exact) mass is 392 g/mol. The van der Waals surface area contributed by atoms with Gasteiger partial charge in [-0.3, -0.25) is 19.3 Å². The molecule has 2 aromatic rings. The van der Waals surface area contributed by atoms with Gasteiger partial charge in [-0.15, -0.1) is 0 Å². The van der Waals surface area contributed by atoms with Gasteiger partial charge >= 0.3 is 0 Å². The number of halogens is 1. The van der Waals surface area contributed by atoms with Gasteiger partial charge in [-0.05, 0) is 62.7 Å². The zero-order valence-electron chi connectivity index (χ0n) is 16.0. The molecule has 0 N–H and O–H groups in total. The minimum Gasteiger partial charge on any atom is -0.292 e. The fourth-order valence-corrected chi connectivity index (χ4v) is 5.25. The number of rotatable bonds is 3. The average molecular weight is 392 g/mol. The van der Waals surface area contributed by atoms with Gasteiger partial charge in [0.2, 0.25) is 11.8 Å². The normalized spacial score (nSPS) is 28.7. The van der Waals surface area contributed by atoms with Crippen molar-refractivity contribution in [2.24, 2.45) is 11.8 Å². The largest absolute Gasteiger partial charge is 0.292 e. The first-order valence-corrected chi connectivity index (χ1v) is 9.97. The number of aryl methyl sites for hydroxylation is 1. The van der Waals surface area contributed by atoms with E-state index in [1.54, 1.807) is 12.1 Å². The molecule has 3 aliphatic rings. The number of Topliss-reactive ketones (excluding diaryl/α,β-unsaturated/α-hetero) is 1. The summed E-state index contributed by atoms with van der Waals surface area (Å²) in [6.07, 6.45) is 1.70. The molecule has 0 radical (unpaired) electrons. The maximum atomic E-state index is 13.4. The summed E-state index contributed by atoms with van der Waals surface area (Å²) in [4.78, 5) is 43.3. The van der Waals surface area contributed by atoms with Crippen molar-refractivity contribution in [2.45, 2.75) is 31.8 Å². The Balaban J connectivity index is 1.54. The van der Waals surface area contributed by atoms with Gasteiger partial charge in [-0.25, -0.2) is 9.29 Å². The maximum Gasteiger partial charge on any atom is 0.239 e. The van der Waals surface area contributed by atoms with Crippen LogP contribution in [-0.2, 0) is 9.59 Å². The van der Waals surface area contributed by atoms with Crippen molar-refractivity contribution in [3.63, 3.8) is 0 Å². The van der Waals surface area contributed by atoms with Crippen LogP contribution < -0.4 is 4.90 Å². The summed E-state index contributed by atoms with van der Waals surface area (Å²) >= 11 is 0. The third-order valence-corrected chi connectivity index (χ3v) is 6.54. The summed E-state index contributed by atoms with van der Waals surface area (Å²) < 4.78 is 13.3. The van der Waals surface area contributed by atoms with Gasteiger partial charge in [0.1, 0.15) is 5.82 Å². The van der Waals surface area contributed by atoms with Crippen molar-refractivity contribution in [3.8, 4) is 0 Å². The van der Waals surface area contributed by atoms with Crippen LogP contribution in [0.4, 0.5) is 10.1 Å². The molecule has 3 heterocycles. The molecule has 3 fully saturated rings. The molecule has 0 unspecified atom stereocenters. The number of fused-ring (bicyclic) bond motifs is 3.